The second-order valence-corrected chi connectivity index (χ2v) is 19.1. The molecule has 274 valence electrons. The molecule has 0 spiro atoms. The Morgan fingerprint density at radius 2 is 1.05 bits per heavy atom. The third-order valence-electron chi connectivity index (χ3n) is 13.0. The van der Waals surface area contributed by atoms with Crippen molar-refractivity contribution in [3.8, 4) is 50.2 Å². The van der Waals surface area contributed by atoms with Crippen LogP contribution in [0, 0.1) is 0 Å². The van der Waals surface area contributed by atoms with Gasteiger partial charge in [-0.1, -0.05) is 166 Å². The van der Waals surface area contributed by atoms with Gasteiger partial charge in [0.1, 0.15) is 0 Å². The maximum Gasteiger partial charge on any atom is 0.172 e. The minimum Gasteiger partial charge on any atom is -0.309 e. The molecule has 58 heavy (non-hydrogen) atoms. The zero-order chi connectivity index (χ0) is 38.8. The number of rotatable bonds is 4. The van der Waals surface area contributed by atoms with Crippen LogP contribution in [-0.2, 0) is 9.98 Å². The van der Waals surface area contributed by atoms with E-state index in [9.17, 15) is 0 Å². The summed E-state index contributed by atoms with van der Waals surface area (Å²) in [4.78, 5) is 0. The molecular formula is C55H38NOP. The van der Waals surface area contributed by atoms with Gasteiger partial charge in [-0.3, -0.25) is 0 Å². The van der Waals surface area contributed by atoms with Crippen molar-refractivity contribution in [3.63, 3.8) is 0 Å². The molecule has 2 aliphatic rings. The smallest absolute Gasteiger partial charge is 0.172 e. The third kappa shape index (κ3) is 4.58. The Kier molecular flexibility index (Phi) is 6.99. The van der Waals surface area contributed by atoms with Crippen LogP contribution in [0.25, 0.3) is 82.8 Å². The first-order valence-electron chi connectivity index (χ1n) is 20.1. The van der Waals surface area contributed by atoms with Gasteiger partial charge in [0, 0.05) is 37.8 Å². The van der Waals surface area contributed by atoms with E-state index in [1.807, 2.05) is 36.4 Å². The molecule has 1 unspecified atom stereocenters. The molecule has 0 amide bonds. The molecule has 1 atom stereocenters. The van der Waals surface area contributed by atoms with Gasteiger partial charge in [-0.2, -0.15) is 0 Å². The first kappa shape index (κ1) is 33.4. The molecule has 10 aromatic rings. The molecule has 12 rings (SSSR count). The van der Waals surface area contributed by atoms with E-state index >= 15 is 4.57 Å². The van der Waals surface area contributed by atoms with Gasteiger partial charge < -0.3 is 9.13 Å². The Morgan fingerprint density at radius 3 is 1.83 bits per heavy atom. The van der Waals surface area contributed by atoms with Gasteiger partial charge in [0.25, 0.3) is 0 Å². The molecule has 0 saturated carbocycles. The van der Waals surface area contributed by atoms with E-state index in [4.69, 9.17) is 0 Å². The minimum atomic E-state index is -3.16. The summed E-state index contributed by atoms with van der Waals surface area (Å²) in [6, 6.07) is 69.7. The van der Waals surface area contributed by atoms with Crippen molar-refractivity contribution in [2.75, 3.05) is 0 Å². The molecule has 2 heterocycles. The molecule has 0 radical (unpaired) electrons. The van der Waals surface area contributed by atoms with Gasteiger partial charge >= 0.3 is 0 Å². The second kappa shape index (κ2) is 12.1. The van der Waals surface area contributed by atoms with E-state index < -0.39 is 7.14 Å². The van der Waals surface area contributed by atoms with Gasteiger partial charge in [0.15, 0.2) is 7.14 Å². The van der Waals surface area contributed by atoms with E-state index in [0.29, 0.717) is 0 Å². The van der Waals surface area contributed by atoms with Crippen LogP contribution in [0.1, 0.15) is 25.0 Å². The number of hydrogen-bond acceptors (Lipinski definition) is 1. The fourth-order valence-electron chi connectivity index (χ4n) is 10.2. The van der Waals surface area contributed by atoms with Crippen LogP contribution >= 0.6 is 7.14 Å². The average molecular weight is 760 g/mol. The van der Waals surface area contributed by atoms with E-state index in [-0.39, 0.29) is 5.41 Å². The minimum absolute atomic E-state index is 0.0858. The van der Waals surface area contributed by atoms with Gasteiger partial charge in [0.2, 0.25) is 0 Å². The summed E-state index contributed by atoms with van der Waals surface area (Å²) in [6.45, 7) is 4.70. The Balaban J connectivity index is 0.976. The summed E-state index contributed by atoms with van der Waals surface area (Å²) in [6.07, 6.45) is 0. The SMILES string of the molecule is CC1(C)c2ccc(-c3ccc(-n4c5ccccc5c5c6c(ccc54)-c4ccccc4P6(=O)c4ccccc4)cc3)cc2-c2cc(-c3ccc4ccccc4c3)ccc21. The Labute approximate surface area is 338 Å². The molecule has 0 bridgehead atoms. The van der Waals surface area contributed by atoms with E-state index in [0.717, 1.165) is 54.5 Å². The topological polar surface area (TPSA) is 22.0 Å². The fraction of sp³-hybridized carbons (Fsp3) is 0.0545. The molecule has 1 aromatic heterocycles. The highest BCUT2D eigenvalue weighted by Gasteiger charge is 2.42. The summed E-state index contributed by atoms with van der Waals surface area (Å²) in [5.41, 5.74) is 15.5. The lowest BCUT2D eigenvalue weighted by molar-refractivity contribution is 0.593. The first-order chi connectivity index (χ1) is 28.4. The monoisotopic (exact) mass is 759 g/mol. The molecule has 3 heteroatoms. The number of fused-ring (bicyclic) bond motifs is 11. The lowest BCUT2D eigenvalue weighted by atomic mass is 9.82. The van der Waals surface area contributed by atoms with Crippen molar-refractivity contribution in [2.24, 2.45) is 0 Å². The molecule has 1 aliphatic heterocycles. The van der Waals surface area contributed by atoms with E-state index in [2.05, 4.69) is 176 Å². The van der Waals surface area contributed by atoms with Crippen LogP contribution in [0.4, 0.5) is 0 Å². The van der Waals surface area contributed by atoms with E-state index in [1.165, 1.54) is 55.3 Å². The normalized spacial score (nSPS) is 16.0. The number of benzene rings is 9. The van der Waals surface area contributed by atoms with Crippen molar-refractivity contribution in [3.05, 3.63) is 205 Å². The van der Waals surface area contributed by atoms with Crippen LogP contribution in [0.5, 0.6) is 0 Å². The Morgan fingerprint density at radius 1 is 0.448 bits per heavy atom. The summed E-state index contributed by atoms with van der Waals surface area (Å²) in [5.74, 6) is 0. The van der Waals surface area contributed by atoms with Gasteiger partial charge in [-0.15, -0.1) is 0 Å². The maximum absolute atomic E-state index is 15.8. The molecule has 2 nitrogen and oxygen atoms in total. The predicted octanol–water partition coefficient (Wildman–Crippen LogP) is 13.2. The fourth-order valence-corrected chi connectivity index (χ4v) is 13.5. The quantitative estimate of drug-likeness (QED) is 0.164. The average Bonchev–Trinajstić information content (AvgIpc) is 3.84. The summed E-state index contributed by atoms with van der Waals surface area (Å²) in [5, 5.41) is 7.46. The molecule has 0 N–H and O–H groups in total. The lowest BCUT2D eigenvalue weighted by Gasteiger charge is -2.21. The van der Waals surface area contributed by atoms with Crippen LogP contribution in [0.3, 0.4) is 0 Å². The number of hydrogen-bond donors (Lipinski definition) is 0. The Hall–Kier alpha value is -6.73. The molecule has 0 fully saturated rings. The van der Waals surface area contributed by atoms with Crippen LogP contribution < -0.4 is 15.9 Å². The van der Waals surface area contributed by atoms with Gasteiger partial charge in [-0.25, -0.2) is 0 Å². The van der Waals surface area contributed by atoms with Crippen molar-refractivity contribution >= 4 is 55.6 Å². The molecular weight excluding hydrogens is 722 g/mol. The highest BCUT2D eigenvalue weighted by atomic mass is 31.2. The zero-order valence-corrected chi connectivity index (χ0v) is 33.2. The van der Waals surface area contributed by atoms with E-state index in [1.54, 1.807) is 0 Å². The number of aromatic nitrogens is 1. The maximum atomic E-state index is 15.8. The molecule has 9 aromatic carbocycles. The van der Waals surface area contributed by atoms with Crippen LogP contribution in [0.15, 0.2) is 194 Å². The number of para-hydroxylation sites is 1. The highest BCUT2D eigenvalue weighted by Crippen LogP contribution is 2.55. The van der Waals surface area contributed by atoms with Crippen molar-refractivity contribution in [1.29, 1.82) is 0 Å². The predicted molar refractivity (Wildman–Crippen MR) is 245 cm³/mol. The largest absolute Gasteiger partial charge is 0.309 e. The number of nitrogens with zero attached hydrogens (tertiary/aromatic N) is 1. The highest BCUT2D eigenvalue weighted by molar-refractivity contribution is 7.86. The van der Waals surface area contributed by atoms with Crippen molar-refractivity contribution in [1.82, 2.24) is 4.57 Å². The molecule has 0 saturated heterocycles. The second-order valence-electron chi connectivity index (χ2n) is 16.4. The van der Waals surface area contributed by atoms with Gasteiger partial charge in [0.05, 0.1) is 11.0 Å². The van der Waals surface area contributed by atoms with Crippen LogP contribution in [-0.4, -0.2) is 4.57 Å². The summed E-state index contributed by atoms with van der Waals surface area (Å²) >= 11 is 0. The lowest BCUT2D eigenvalue weighted by Crippen LogP contribution is -2.21. The first-order valence-corrected chi connectivity index (χ1v) is 21.8. The van der Waals surface area contributed by atoms with Crippen molar-refractivity contribution < 1.29 is 4.57 Å². The Bertz CT molecular complexity index is 3390. The molecule has 1 aliphatic carbocycles. The van der Waals surface area contributed by atoms with Crippen LogP contribution in [0.2, 0.25) is 0 Å². The third-order valence-corrected chi connectivity index (χ3v) is 16.2. The summed E-state index contributed by atoms with van der Waals surface area (Å²) < 4.78 is 18.1. The zero-order valence-electron chi connectivity index (χ0n) is 32.3. The summed E-state index contributed by atoms with van der Waals surface area (Å²) in [7, 11) is -3.16. The standard InChI is InChI=1S/C55H38NOP/c1-55(2)48-29-24-39(33-46(48)47-34-40(25-30-49(47)55)38-21-20-35-12-6-7-13-37(35)32-38)36-22-26-41(27-23-36)56-50-18-10-8-17-45(50)53-51(56)31-28-44-43-16-9-11-19-52(43)58(57,54(44)53)42-14-4-3-5-15-42/h3-34H,1-2H3. The van der Waals surface area contributed by atoms with Gasteiger partial charge in [-0.05, 0) is 109 Å². The van der Waals surface area contributed by atoms with Crippen molar-refractivity contribution in [2.45, 2.75) is 19.3 Å².